The molecule has 28 heavy (non-hydrogen) atoms. The monoisotopic (exact) mass is 395 g/mol. The Hall–Kier alpha value is -3.13. The van der Waals surface area contributed by atoms with Crippen LogP contribution in [0.3, 0.4) is 0 Å². The van der Waals surface area contributed by atoms with Gasteiger partial charge < -0.3 is 9.42 Å². The Labute approximate surface area is 165 Å². The molecule has 0 atom stereocenters. The van der Waals surface area contributed by atoms with Crippen molar-refractivity contribution in [1.29, 1.82) is 0 Å². The maximum Gasteiger partial charge on any atom is 0.271 e. The number of hydrogen-bond acceptors (Lipinski definition) is 6. The smallest absolute Gasteiger partial charge is 0.271 e. The van der Waals surface area contributed by atoms with Gasteiger partial charge in [0.05, 0.1) is 27.6 Å². The van der Waals surface area contributed by atoms with Gasteiger partial charge in [-0.2, -0.15) is 0 Å². The fourth-order valence-electron chi connectivity index (χ4n) is 3.24. The van der Waals surface area contributed by atoms with Gasteiger partial charge in [0.2, 0.25) is 0 Å². The summed E-state index contributed by atoms with van der Waals surface area (Å²) in [5.74, 6) is 1.15. The third kappa shape index (κ3) is 3.50. The molecule has 0 unspecified atom stereocenters. The van der Waals surface area contributed by atoms with Crippen molar-refractivity contribution < 1.29 is 14.2 Å². The number of fused-ring (bicyclic) bond motifs is 1. The quantitative estimate of drug-likeness (QED) is 0.362. The molecule has 0 spiro atoms. The third-order valence-electron chi connectivity index (χ3n) is 4.58. The van der Waals surface area contributed by atoms with Gasteiger partial charge in [-0.15, -0.1) is 11.8 Å². The summed E-state index contributed by atoms with van der Waals surface area (Å²) in [5.41, 5.74) is 2.94. The molecule has 7 nitrogen and oxygen atoms in total. The zero-order chi connectivity index (χ0) is 19.7. The fraction of sp³-hybridized carbons (Fsp3) is 0.200. The highest BCUT2D eigenvalue weighted by Crippen LogP contribution is 2.34. The Morgan fingerprint density at radius 3 is 2.86 bits per heavy atom. The maximum atomic E-state index is 13.2. The van der Waals surface area contributed by atoms with Crippen LogP contribution in [0.15, 0.2) is 57.9 Å². The van der Waals surface area contributed by atoms with E-state index in [1.165, 1.54) is 23.9 Å². The predicted molar refractivity (Wildman–Crippen MR) is 106 cm³/mol. The first-order chi connectivity index (χ1) is 13.5. The minimum atomic E-state index is -0.440. The number of nitrogens with zero attached hydrogens (tertiary/aromatic N) is 3. The van der Waals surface area contributed by atoms with Gasteiger partial charge in [-0.25, -0.2) is 0 Å². The maximum absolute atomic E-state index is 13.2. The van der Waals surface area contributed by atoms with E-state index in [0.717, 1.165) is 21.9 Å². The molecule has 1 aromatic heterocycles. The first kappa shape index (κ1) is 18.2. The SMILES string of the molecule is Cc1cc(CSc2ccccc2C(=O)N2CCc3ccc([N+](=O)[O-])cc32)on1. The number of non-ortho nitro benzene ring substituents is 1. The highest BCUT2D eigenvalue weighted by molar-refractivity contribution is 7.98. The zero-order valence-electron chi connectivity index (χ0n) is 15.1. The normalized spacial score (nSPS) is 12.8. The summed E-state index contributed by atoms with van der Waals surface area (Å²) in [6.07, 6.45) is 0.686. The number of carbonyl (C=O) groups excluding carboxylic acids is 1. The van der Waals surface area contributed by atoms with Crippen molar-refractivity contribution >= 4 is 29.0 Å². The fourth-order valence-corrected chi connectivity index (χ4v) is 4.16. The second-order valence-electron chi connectivity index (χ2n) is 6.50. The average molecular weight is 395 g/mol. The molecular formula is C20H17N3O4S. The molecule has 2 heterocycles. The lowest BCUT2D eigenvalue weighted by atomic mass is 10.1. The average Bonchev–Trinajstić information content (AvgIpc) is 3.31. The van der Waals surface area contributed by atoms with E-state index in [9.17, 15) is 14.9 Å². The Balaban J connectivity index is 1.60. The van der Waals surface area contributed by atoms with Crippen molar-refractivity contribution in [3.05, 3.63) is 81.2 Å². The Bertz CT molecular complexity index is 1060. The molecule has 0 saturated carbocycles. The number of nitro groups is 1. The van der Waals surface area contributed by atoms with E-state index in [1.54, 1.807) is 17.0 Å². The number of benzene rings is 2. The van der Waals surface area contributed by atoms with Crippen LogP contribution in [0.5, 0.6) is 0 Å². The summed E-state index contributed by atoms with van der Waals surface area (Å²) in [5, 5.41) is 15.0. The van der Waals surface area contributed by atoms with E-state index in [4.69, 9.17) is 4.52 Å². The lowest BCUT2D eigenvalue weighted by Gasteiger charge is -2.19. The van der Waals surface area contributed by atoms with Gasteiger partial charge in [0.15, 0.2) is 0 Å². The molecule has 4 rings (SSSR count). The van der Waals surface area contributed by atoms with Crippen LogP contribution in [0.4, 0.5) is 11.4 Å². The predicted octanol–water partition coefficient (Wildman–Crippen LogP) is 4.39. The van der Waals surface area contributed by atoms with Crippen LogP contribution < -0.4 is 4.90 Å². The Morgan fingerprint density at radius 1 is 1.29 bits per heavy atom. The lowest BCUT2D eigenvalue weighted by molar-refractivity contribution is -0.384. The number of amides is 1. The van der Waals surface area contributed by atoms with Crippen LogP contribution in [0.25, 0.3) is 0 Å². The van der Waals surface area contributed by atoms with E-state index in [-0.39, 0.29) is 11.6 Å². The number of carbonyl (C=O) groups is 1. The van der Waals surface area contributed by atoms with Crippen LogP contribution in [0.1, 0.15) is 27.4 Å². The summed E-state index contributed by atoms with van der Waals surface area (Å²) in [7, 11) is 0. The number of rotatable bonds is 5. The van der Waals surface area contributed by atoms with Crippen molar-refractivity contribution in [2.24, 2.45) is 0 Å². The number of thioether (sulfide) groups is 1. The molecule has 1 amide bonds. The van der Waals surface area contributed by atoms with Crippen LogP contribution in [0.2, 0.25) is 0 Å². The van der Waals surface area contributed by atoms with Crippen molar-refractivity contribution in [1.82, 2.24) is 5.16 Å². The molecule has 0 aliphatic carbocycles. The topological polar surface area (TPSA) is 89.5 Å². The van der Waals surface area contributed by atoms with E-state index < -0.39 is 4.92 Å². The van der Waals surface area contributed by atoms with Crippen molar-refractivity contribution in [3.8, 4) is 0 Å². The van der Waals surface area contributed by atoms with Gasteiger partial charge in [-0.05, 0) is 31.0 Å². The highest BCUT2D eigenvalue weighted by Gasteiger charge is 2.28. The summed E-state index contributed by atoms with van der Waals surface area (Å²) >= 11 is 1.50. The van der Waals surface area contributed by atoms with Crippen LogP contribution in [-0.2, 0) is 12.2 Å². The minimum absolute atomic E-state index is 0.0122. The second-order valence-corrected chi connectivity index (χ2v) is 7.51. The summed E-state index contributed by atoms with van der Waals surface area (Å²) < 4.78 is 5.24. The van der Waals surface area contributed by atoms with Gasteiger partial charge in [-0.3, -0.25) is 14.9 Å². The van der Waals surface area contributed by atoms with E-state index in [0.29, 0.717) is 30.0 Å². The Morgan fingerprint density at radius 2 is 2.11 bits per heavy atom. The first-order valence-corrected chi connectivity index (χ1v) is 9.74. The first-order valence-electron chi connectivity index (χ1n) is 8.76. The summed E-state index contributed by atoms with van der Waals surface area (Å²) in [6.45, 7) is 2.37. The lowest BCUT2D eigenvalue weighted by Crippen LogP contribution is -2.29. The molecule has 0 radical (unpaired) electrons. The molecule has 142 valence electrons. The molecule has 0 fully saturated rings. The van der Waals surface area contributed by atoms with E-state index >= 15 is 0 Å². The molecular weight excluding hydrogens is 378 g/mol. The molecule has 2 aromatic carbocycles. The minimum Gasteiger partial charge on any atom is -0.360 e. The van der Waals surface area contributed by atoms with Crippen molar-refractivity contribution in [2.75, 3.05) is 11.4 Å². The number of aryl methyl sites for hydroxylation is 1. The second kappa shape index (κ2) is 7.47. The molecule has 1 aliphatic rings. The molecule has 3 aromatic rings. The standard InChI is InChI=1S/C20H17N3O4S/c1-13-10-16(27-21-13)12-28-19-5-3-2-4-17(19)20(24)22-9-8-14-6-7-15(23(25)26)11-18(14)22/h2-7,10-11H,8-9,12H2,1H3. The molecule has 8 heteroatoms. The van der Waals surface area contributed by atoms with Gasteiger partial charge in [-0.1, -0.05) is 23.4 Å². The zero-order valence-corrected chi connectivity index (χ0v) is 15.9. The van der Waals surface area contributed by atoms with Crippen molar-refractivity contribution in [2.45, 2.75) is 24.0 Å². The van der Waals surface area contributed by atoms with Crippen LogP contribution in [-0.4, -0.2) is 22.5 Å². The van der Waals surface area contributed by atoms with Gasteiger partial charge in [0, 0.05) is 29.6 Å². The van der Waals surface area contributed by atoms with Crippen molar-refractivity contribution in [3.63, 3.8) is 0 Å². The highest BCUT2D eigenvalue weighted by atomic mass is 32.2. The van der Waals surface area contributed by atoms with Gasteiger partial charge in [0.25, 0.3) is 11.6 Å². The third-order valence-corrected chi connectivity index (χ3v) is 5.68. The Kier molecular flexibility index (Phi) is 4.87. The summed E-state index contributed by atoms with van der Waals surface area (Å²) in [6, 6.07) is 13.9. The van der Waals surface area contributed by atoms with Gasteiger partial charge in [0.1, 0.15) is 5.76 Å². The number of nitro benzene ring substituents is 1. The van der Waals surface area contributed by atoms with E-state index in [2.05, 4.69) is 5.16 Å². The number of hydrogen-bond donors (Lipinski definition) is 0. The summed E-state index contributed by atoms with van der Waals surface area (Å²) in [4.78, 5) is 26.4. The molecule has 0 N–H and O–H groups in total. The van der Waals surface area contributed by atoms with Crippen LogP contribution in [0, 0.1) is 17.0 Å². The number of anilines is 1. The molecule has 0 saturated heterocycles. The van der Waals surface area contributed by atoms with E-state index in [1.807, 2.05) is 31.2 Å². The van der Waals surface area contributed by atoms with Crippen LogP contribution >= 0.6 is 11.8 Å². The molecule has 1 aliphatic heterocycles. The number of aromatic nitrogens is 1. The van der Waals surface area contributed by atoms with Gasteiger partial charge >= 0.3 is 0 Å². The molecule has 0 bridgehead atoms. The largest absolute Gasteiger partial charge is 0.360 e.